The molecule has 0 bridgehead atoms. The molecule has 1 N–H and O–H groups in total. The van der Waals surface area contributed by atoms with Gasteiger partial charge in [-0.25, -0.2) is 4.98 Å². The Morgan fingerprint density at radius 3 is 3.10 bits per heavy atom. The van der Waals surface area contributed by atoms with Crippen LogP contribution >= 0.6 is 0 Å². The van der Waals surface area contributed by atoms with Gasteiger partial charge in [0.05, 0.1) is 18.1 Å². The molecule has 4 heteroatoms. The van der Waals surface area contributed by atoms with Crippen molar-refractivity contribution in [3.8, 4) is 6.07 Å². The summed E-state index contributed by atoms with van der Waals surface area (Å²) in [5.41, 5.74) is 2.41. The molecule has 108 valence electrons. The van der Waals surface area contributed by atoms with E-state index in [9.17, 15) is 5.26 Å². The van der Waals surface area contributed by atoms with Crippen LogP contribution in [0.5, 0.6) is 0 Å². The molecular formula is C16H24N4. The van der Waals surface area contributed by atoms with Crippen molar-refractivity contribution in [1.29, 1.82) is 5.26 Å². The van der Waals surface area contributed by atoms with Crippen LogP contribution in [0.15, 0.2) is 6.33 Å². The van der Waals surface area contributed by atoms with Gasteiger partial charge in [0.1, 0.15) is 5.54 Å². The Balaban J connectivity index is 1.84. The number of nitriles is 1. The van der Waals surface area contributed by atoms with Crippen LogP contribution in [0.4, 0.5) is 0 Å². The largest absolute Gasteiger partial charge is 0.331 e. The summed E-state index contributed by atoms with van der Waals surface area (Å²) in [5.74, 6) is 0. The summed E-state index contributed by atoms with van der Waals surface area (Å²) in [6, 6.07) is 2.99. The summed E-state index contributed by atoms with van der Waals surface area (Å²) in [5, 5.41) is 13.0. The van der Waals surface area contributed by atoms with E-state index >= 15 is 0 Å². The molecule has 0 aromatic carbocycles. The summed E-state index contributed by atoms with van der Waals surface area (Å²) in [7, 11) is 0. The highest BCUT2D eigenvalue weighted by molar-refractivity contribution is 5.19. The molecule has 20 heavy (non-hydrogen) atoms. The lowest BCUT2D eigenvalue weighted by molar-refractivity contribution is 0.230. The average Bonchev–Trinajstić information content (AvgIpc) is 2.92. The molecule has 1 heterocycles. The first-order valence-corrected chi connectivity index (χ1v) is 7.99. The van der Waals surface area contributed by atoms with E-state index in [1.54, 1.807) is 0 Å². The lowest BCUT2D eigenvalue weighted by Crippen LogP contribution is -2.47. The van der Waals surface area contributed by atoms with Gasteiger partial charge in [-0.1, -0.05) is 6.92 Å². The minimum absolute atomic E-state index is 0.330. The van der Waals surface area contributed by atoms with Gasteiger partial charge in [-0.3, -0.25) is 5.32 Å². The number of hydrogen-bond acceptors (Lipinski definition) is 3. The van der Waals surface area contributed by atoms with Gasteiger partial charge in [-0.15, -0.1) is 0 Å². The molecule has 2 aliphatic rings. The smallest absolute Gasteiger partial charge is 0.108 e. The zero-order valence-electron chi connectivity index (χ0n) is 12.4. The summed E-state index contributed by atoms with van der Waals surface area (Å²) in [4.78, 5) is 4.61. The van der Waals surface area contributed by atoms with Crippen molar-refractivity contribution in [3.05, 3.63) is 17.7 Å². The van der Waals surface area contributed by atoms with E-state index in [-0.39, 0.29) is 5.54 Å². The van der Waals surface area contributed by atoms with Crippen molar-refractivity contribution >= 4 is 0 Å². The van der Waals surface area contributed by atoms with Crippen molar-refractivity contribution in [1.82, 2.24) is 14.9 Å². The Kier molecular flexibility index (Phi) is 3.80. The summed E-state index contributed by atoms with van der Waals surface area (Å²) in [6.45, 7) is 2.95. The van der Waals surface area contributed by atoms with Crippen molar-refractivity contribution in [3.63, 3.8) is 0 Å². The van der Waals surface area contributed by atoms with Gasteiger partial charge in [-0.2, -0.15) is 5.26 Å². The normalized spacial score (nSPS) is 29.7. The van der Waals surface area contributed by atoms with E-state index < -0.39 is 0 Å². The monoisotopic (exact) mass is 272 g/mol. The van der Waals surface area contributed by atoms with Gasteiger partial charge < -0.3 is 4.57 Å². The van der Waals surface area contributed by atoms with Crippen molar-refractivity contribution < 1.29 is 0 Å². The number of aromatic nitrogens is 2. The first-order chi connectivity index (χ1) is 9.78. The van der Waals surface area contributed by atoms with Gasteiger partial charge >= 0.3 is 0 Å². The third-order valence-electron chi connectivity index (χ3n) is 4.91. The van der Waals surface area contributed by atoms with Crippen LogP contribution in [0.1, 0.15) is 62.9 Å². The second kappa shape index (κ2) is 5.57. The number of aryl methyl sites for hydroxylation is 1. The van der Waals surface area contributed by atoms with Gasteiger partial charge in [0.25, 0.3) is 0 Å². The molecule has 2 aliphatic carbocycles. The molecule has 1 saturated carbocycles. The van der Waals surface area contributed by atoms with Gasteiger partial charge in [-0.05, 0) is 57.9 Å². The minimum atomic E-state index is -0.330. The number of nitrogens with zero attached hydrogens (tertiary/aromatic N) is 3. The van der Waals surface area contributed by atoms with Gasteiger partial charge in [0.2, 0.25) is 0 Å². The molecule has 1 aromatic rings. The molecule has 1 fully saturated rings. The molecule has 4 nitrogen and oxygen atoms in total. The Morgan fingerprint density at radius 1 is 1.45 bits per heavy atom. The quantitative estimate of drug-likeness (QED) is 0.920. The van der Waals surface area contributed by atoms with Gasteiger partial charge in [0.15, 0.2) is 0 Å². The van der Waals surface area contributed by atoms with Crippen molar-refractivity contribution in [2.24, 2.45) is 0 Å². The third kappa shape index (κ3) is 2.35. The predicted octanol–water partition coefficient (Wildman–Crippen LogP) is 2.75. The molecule has 0 radical (unpaired) electrons. The fourth-order valence-electron chi connectivity index (χ4n) is 3.93. The molecule has 1 aromatic heterocycles. The van der Waals surface area contributed by atoms with Crippen LogP contribution in [-0.4, -0.2) is 21.6 Å². The molecule has 0 amide bonds. The first kappa shape index (κ1) is 13.6. The van der Waals surface area contributed by atoms with Crippen molar-refractivity contribution in [2.75, 3.05) is 6.54 Å². The maximum atomic E-state index is 9.59. The van der Waals surface area contributed by atoms with Crippen LogP contribution in [0.2, 0.25) is 0 Å². The molecular weight excluding hydrogens is 248 g/mol. The minimum Gasteiger partial charge on any atom is -0.331 e. The Bertz CT molecular complexity index is 509. The second-order valence-corrected chi connectivity index (χ2v) is 6.23. The highest BCUT2D eigenvalue weighted by Gasteiger charge is 2.37. The van der Waals surface area contributed by atoms with E-state index in [1.165, 1.54) is 30.7 Å². The van der Waals surface area contributed by atoms with Crippen molar-refractivity contribution in [2.45, 2.75) is 69.9 Å². The number of hydrogen-bond donors (Lipinski definition) is 1. The second-order valence-electron chi connectivity index (χ2n) is 6.23. The fraction of sp³-hybridized carbons (Fsp3) is 0.750. The Hall–Kier alpha value is -1.34. The van der Waals surface area contributed by atoms with E-state index in [2.05, 4.69) is 27.9 Å². The lowest BCUT2D eigenvalue weighted by atomic mass is 9.79. The number of imidazole rings is 1. The molecule has 0 spiro atoms. The van der Waals surface area contributed by atoms with E-state index in [0.717, 1.165) is 38.6 Å². The van der Waals surface area contributed by atoms with Crippen LogP contribution in [0, 0.1) is 11.3 Å². The number of rotatable bonds is 3. The zero-order chi connectivity index (χ0) is 14.0. The zero-order valence-corrected chi connectivity index (χ0v) is 12.4. The molecule has 2 atom stereocenters. The number of nitrogens with one attached hydrogen (secondary N) is 1. The van der Waals surface area contributed by atoms with E-state index in [4.69, 9.17) is 0 Å². The number of fused-ring (bicyclic) bond motifs is 1. The Morgan fingerprint density at radius 2 is 2.30 bits per heavy atom. The molecule has 0 aliphatic heterocycles. The maximum absolute atomic E-state index is 9.59. The maximum Gasteiger partial charge on any atom is 0.108 e. The first-order valence-electron chi connectivity index (χ1n) is 7.99. The third-order valence-corrected chi connectivity index (χ3v) is 4.91. The van der Waals surface area contributed by atoms with Crippen LogP contribution < -0.4 is 5.32 Å². The SMILES string of the molecule is CCNC1(C#N)CCCC(n2cnc3c2CCCC3)C1. The summed E-state index contributed by atoms with van der Waals surface area (Å²) < 4.78 is 2.39. The Labute approximate surface area is 121 Å². The summed E-state index contributed by atoms with van der Waals surface area (Å²) in [6.07, 6.45) is 11.1. The average molecular weight is 272 g/mol. The molecule has 2 unspecified atom stereocenters. The van der Waals surface area contributed by atoms with E-state index in [0.29, 0.717) is 6.04 Å². The fourth-order valence-corrected chi connectivity index (χ4v) is 3.93. The van der Waals surface area contributed by atoms with Crippen LogP contribution in [0.3, 0.4) is 0 Å². The predicted molar refractivity (Wildman–Crippen MR) is 78.4 cm³/mol. The van der Waals surface area contributed by atoms with Crippen LogP contribution in [-0.2, 0) is 12.8 Å². The molecule has 3 rings (SSSR count). The lowest BCUT2D eigenvalue weighted by Gasteiger charge is -2.37. The topological polar surface area (TPSA) is 53.6 Å². The standard InChI is InChI=1S/C16H24N4/c1-2-19-16(11-17)9-5-6-13(10-16)20-12-18-14-7-3-4-8-15(14)20/h12-13,19H,2-10H2,1H3. The van der Waals surface area contributed by atoms with Crippen LogP contribution in [0.25, 0.3) is 0 Å². The highest BCUT2D eigenvalue weighted by atomic mass is 15.1. The molecule has 0 saturated heterocycles. The van der Waals surface area contributed by atoms with E-state index in [1.807, 2.05) is 6.33 Å². The summed E-state index contributed by atoms with van der Waals surface area (Å²) >= 11 is 0. The van der Waals surface area contributed by atoms with Gasteiger partial charge in [0, 0.05) is 11.7 Å². The highest BCUT2D eigenvalue weighted by Crippen LogP contribution is 2.37.